The summed E-state index contributed by atoms with van der Waals surface area (Å²) in [6, 6.07) is 4.89. The maximum absolute atomic E-state index is 12.1. The Labute approximate surface area is 161 Å². The largest absolute Gasteiger partial charge is 0.478 e. The van der Waals surface area contributed by atoms with Gasteiger partial charge in [-0.3, -0.25) is 0 Å². The maximum atomic E-state index is 12.1. The molecule has 1 aromatic carbocycles. The summed E-state index contributed by atoms with van der Waals surface area (Å²) in [4.78, 5) is 33.2. The number of anilines is 2. The number of rotatable bonds is 5. The first-order chi connectivity index (χ1) is 12.4. The number of carboxylic acids is 1. The highest BCUT2D eigenvalue weighted by molar-refractivity contribution is 9.10. The van der Waals surface area contributed by atoms with Crippen molar-refractivity contribution < 1.29 is 19.4 Å². The molecule has 0 aliphatic heterocycles. The predicted molar refractivity (Wildman–Crippen MR) is 102 cm³/mol. The number of aryl methyl sites for hydroxylation is 1. The van der Waals surface area contributed by atoms with Gasteiger partial charge in [0.2, 0.25) is 0 Å². The molecule has 7 nitrogen and oxygen atoms in total. The van der Waals surface area contributed by atoms with E-state index in [1.165, 1.54) is 23.7 Å². The summed E-state index contributed by atoms with van der Waals surface area (Å²) in [5.74, 6) is -1.04. The summed E-state index contributed by atoms with van der Waals surface area (Å²) in [7, 11) is 0. The number of carbonyl (C=O) groups excluding carboxylic acids is 1. The zero-order valence-corrected chi connectivity index (χ0v) is 16.3. The molecule has 2 heterocycles. The number of aromatic nitrogens is 2. The van der Waals surface area contributed by atoms with E-state index in [9.17, 15) is 14.7 Å². The van der Waals surface area contributed by atoms with Crippen LogP contribution in [0.25, 0.3) is 10.2 Å². The molecule has 0 saturated heterocycles. The lowest BCUT2D eigenvalue weighted by atomic mass is 10.1. The monoisotopic (exact) mass is 435 g/mol. The van der Waals surface area contributed by atoms with Gasteiger partial charge in [-0.1, -0.05) is 15.9 Å². The molecule has 9 heteroatoms. The molecule has 0 aliphatic carbocycles. The molecule has 0 saturated carbocycles. The molecule has 134 valence electrons. The quantitative estimate of drug-likeness (QED) is 0.573. The third kappa shape index (κ3) is 3.40. The SMILES string of the molecule is CCOC(=O)c1sc2ncnc(Nc3ccc(Br)cc3C(=O)O)c2c1C. The Morgan fingerprint density at radius 3 is 2.81 bits per heavy atom. The van der Waals surface area contributed by atoms with E-state index < -0.39 is 11.9 Å². The molecule has 0 unspecified atom stereocenters. The van der Waals surface area contributed by atoms with Gasteiger partial charge in [0.05, 0.1) is 23.2 Å². The van der Waals surface area contributed by atoms with E-state index in [0.717, 1.165) is 0 Å². The Morgan fingerprint density at radius 2 is 2.12 bits per heavy atom. The van der Waals surface area contributed by atoms with Crippen LogP contribution in [0.4, 0.5) is 11.5 Å². The Morgan fingerprint density at radius 1 is 1.35 bits per heavy atom. The fraction of sp³-hybridized carbons (Fsp3) is 0.176. The zero-order valence-electron chi connectivity index (χ0n) is 13.9. The molecule has 26 heavy (non-hydrogen) atoms. The van der Waals surface area contributed by atoms with Crippen molar-refractivity contribution in [1.82, 2.24) is 9.97 Å². The minimum atomic E-state index is -1.06. The molecule has 2 N–H and O–H groups in total. The van der Waals surface area contributed by atoms with Crippen LogP contribution in [0.3, 0.4) is 0 Å². The maximum Gasteiger partial charge on any atom is 0.348 e. The number of hydrogen-bond donors (Lipinski definition) is 2. The van der Waals surface area contributed by atoms with Gasteiger partial charge in [0.1, 0.15) is 21.9 Å². The molecule has 3 rings (SSSR count). The van der Waals surface area contributed by atoms with Crippen molar-refractivity contribution in [2.75, 3.05) is 11.9 Å². The van der Waals surface area contributed by atoms with Gasteiger partial charge in [-0.05, 0) is 37.6 Å². The van der Waals surface area contributed by atoms with Crippen LogP contribution in [0.5, 0.6) is 0 Å². The van der Waals surface area contributed by atoms with Crippen LogP contribution >= 0.6 is 27.3 Å². The van der Waals surface area contributed by atoms with Crippen molar-refractivity contribution in [2.24, 2.45) is 0 Å². The summed E-state index contributed by atoms with van der Waals surface area (Å²) >= 11 is 4.49. The van der Waals surface area contributed by atoms with Crippen molar-refractivity contribution in [1.29, 1.82) is 0 Å². The number of aromatic carboxylic acids is 1. The third-order valence-corrected chi connectivity index (χ3v) is 5.33. The van der Waals surface area contributed by atoms with Crippen molar-refractivity contribution >= 4 is 60.9 Å². The summed E-state index contributed by atoms with van der Waals surface area (Å²) < 4.78 is 5.74. The van der Waals surface area contributed by atoms with Gasteiger partial charge in [0.15, 0.2) is 0 Å². The minimum absolute atomic E-state index is 0.102. The third-order valence-electron chi connectivity index (χ3n) is 3.65. The highest BCUT2D eigenvalue weighted by Crippen LogP contribution is 2.35. The summed E-state index contributed by atoms with van der Waals surface area (Å²) in [5.41, 5.74) is 1.19. The lowest BCUT2D eigenvalue weighted by Gasteiger charge is -2.10. The van der Waals surface area contributed by atoms with E-state index in [2.05, 4.69) is 31.2 Å². The molecule has 0 atom stereocenters. The molecule has 0 fully saturated rings. The van der Waals surface area contributed by atoms with Crippen LogP contribution in [-0.4, -0.2) is 33.6 Å². The number of ether oxygens (including phenoxy) is 1. The Bertz CT molecular complexity index is 1020. The second-order valence-corrected chi connectivity index (χ2v) is 7.21. The zero-order chi connectivity index (χ0) is 18.8. The Balaban J connectivity index is 2.10. The number of fused-ring (bicyclic) bond motifs is 1. The van der Waals surface area contributed by atoms with Crippen LogP contribution in [0.1, 0.15) is 32.5 Å². The number of esters is 1. The molecule has 0 amide bonds. The number of nitrogens with one attached hydrogen (secondary N) is 1. The molecule has 0 spiro atoms. The Kier molecular flexibility index (Phi) is 5.19. The van der Waals surface area contributed by atoms with Crippen LogP contribution < -0.4 is 5.32 Å². The number of nitrogens with zero attached hydrogens (tertiary/aromatic N) is 2. The van der Waals surface area contributed by atoms with E-state index >= 15 is 0 Å². The van der Waals surface area contributed by atoms with Crippen molar-refractivity contribution in [3.63, 3.8) is 0 Å². The summed E-state index contributed by atoms with van der Waals surface area (Å²) in [5, 5.41) is 13.1. The smallest absolute Gasteiger partial charge is 0.348 e. The number of thiophene rings is 1. The van der Waals surface area contributed by atoms with Gasteiger partial charge < -0.3 is 15.2 Å². The number of carboxylic acid groups (broad SMARTS) is 1. The first-order valence-corrected chi connectivity index (χ1v) is 9.24. The lowest BCUT2D eigenvalue weighted by Crippen LogP contribution is -2.05. The number of benzene rings is 1. The standard InChI is InChI=1S/C17H14BrN3O4S/c1-3-25-17(24)13-8(2)12-14(19-7-20-15(12)26-13)21-11-5-4-9(18)6-10(11)16(22)23/h4-7H,3H2,1-2H3,(H,22,23)(H,19,20,21). The van der Waals surface area contributed by atoms with Crippen LogP contribution in [0.15, 0.2) is 29.0 Å². The summed E-state index contributed by atoms with van der Waals surface area (Å²) in [6.45, 7) is 3.82. The van der Waals surface area contributed by atoms with Crippen molar-refractivity contribution in [3.8, 4) is 0 Å². The fourth-order valence-corrected chi connectivity index (χ4v) is 3.89. The van der Waals surface area contributed by atoms with E-state index in [1.54, 1.807) is 26.0 Å². The molecule has 3 aromatic rings. The van der Waals surface area contributed by atoms with E-state index in [4.69, 9.17) is 4.74 Å². The van der Waals surface area contributed by atoms with Gasteiger partial charge in [0.25, 0.3) is 0 Å². The average Bonchev–Trinajstić information content (AvgIpc) is 2.94. The lowest BCUT2D eigenvalue weighted by molar-refractivity contribution is 0.0531. The topological polar surface area (TPSA) is 101 Å². The van der Waals surface area contributed by atoms with E-state index in [0.29, 0.717) is 36.6 Å². The van der Waals surface area contributed by atoms with Crippen LogP contribution in [0, 0.1) is 6.92 Å². The van der Waals surface area contributed by atoms with E-state index in [-0.39, 0.29) is 12.2 Å². The molecular formula is C17H14BrN3O4S. The first-order valence-electron chi connectivity index (χ1n) is 7.63. The van der Waals surface area contributed by atoms with Crippen LogP contribution in [0.2, 0.25) is 0 Å². The van der Waals surface area contributed by atoms with Crippen molar-refractivity contribution in [2.45, 2.75) is 13.8 Å². The molecular weight excluding hydrogens is 422 g/mol. The van der Waals surface area contributed by atoms with Gasteiger partial charge >= 0.3 is 11.9 Å². The second kappa shape index (κ2) is 7.38. The van der Waals surface area contributed by atoms with Gasteiger partial charge in [0, 0.05) is 4.47 Å². The molecule has 0 aliphatic rings. The highest BCUT2D eigenvalue weighted by atomic mass is 79.9. The van der Waals surface area contributed by atoms with Gasteiger partial charge in [-0.2, -0.15) is 0 Å². The molecule has 0 bridgehead atoms. The van der Waals surface area contributed by atoms with E-state index in [1.807, 2.05) is 0 Å². The van der Waals surface area contributed by atoms with Crippen molar-refractivity contribution in [3.05, 3.63) is 45.0 Å². The van der Waals surface area contributed by atoms with Gasteiger partial charge in [-0.15, -0.1) is 11.3 Å². The number of halogens is 1. The second-order valence-electron chi connectivity index (χ2n) is 5.30. The normalized spacial score (nSPS) is 10.7. The fourth-order valence-electron chi connectivity index (χ4n) is 2.49. The number of hydrogen-bond acceptors (Lipinski definition) is 7. The Hall–Kier alpha value is -2.52. The molecule has 2 aromatic heterocycles. The molecule has 0 radical (unpaired) electrons. The minimum Gasteiger partial charge on any atom is -0.478 e. The predicted octanol–water partition coefficient (Wildman–Crippen LogP) is 4.38. The van der Waals surface area contributed by atoms with Gasteiger partial charge in [-0.25, -0.2) is 19.6 Å². The summed E-state index contributed by atoms with van der Waals surface area (Å²) in [6.07, 6.45) is 1.37. The van der Waals surface area contributed by atoms with Crippen LogP contribution in [-0.2, 0) is 4.74 Å². The average molecular weight is 436 g/mol. The first kappa shape index (κ1) is 18.3. The highest BCUT2D eigenvalue weighted by Gasteiger charge is 2.21. The number of carbonyl (C=O) groups is 2.